The topological polar surface area (TPSA) is 12.0 Å². The van der Waals surface area contributed by atoms with Gasteiger partial charge < -0.3 is 5.32 Å². The highest BCUT2D eigenvalue weighted by Crippen LogP contribution is 2.10. The molecule has 0 aromatic rings. The second-order valence-corrected chi connectivity index (χ2v) is 6.32. The molecule has 0 radical (unpaired) electrons. The molecule has 0 aliphatic heterocycles. The van der Waals surface area contributed by atoms with Crippen LogP contribution in [-0.4, -0.2) is 24.6 Å². The molecular formula is C13H29NS. The Bertz CT molecular complexity index is 110. The van der Waals surface area contributed by atoms with Crippen LogP contribution in [0.2, 0.25) is 0 Å². The lowest BCUT2D eigenvalue weighted by Crippen LogP contribution is -2.20. The van der Waals surface area contributed by atoms with Gasteiger partial charge >= 0.3 is 0 Å². The zero-order chi connectivity index (χ0) is 11.5. The van der Waals surface area contributed by atoms with Gasteiger partial charge in [0, 0.05) is 0 Å². The molecule has 0 aromatic heterocycles. The van der Waals surface area contributed by atoms with Crippen molar-refractivity contribution in [2.24, 2.45) is 11.8 Å². The Labute approximate surface area is 101 Å². The third-order valence-corrected chi connectivity index (χ3v) is 3.39. The number of thioether (sulfide) groups is 1. The van der Waals surface area contributed by atoms with Gasteiger partial charge in [-0.25, -0.2) is 0 Å². The summed E-state index contributed by atoms with van der Waals surface area (Å²) in [6.45, 7) is 11.5. The van der Waals surface area contributed by atoms with E-state index in [1.165, 1.54) is 43.9 Å². The molecule has 0 aromatic carbocycles. The lowest BCUT2D eigenvalue weighted by Gasteiger charge is -2.07. The molecule has 1 nitrogen and oxygen atoms in total. The van der Waals surface area contributed by atoms with Crippen LogP contribution in [0.4, 0.5) is 0 Å². The summed E-state index contributed by atoms with van der Waals surface area (Å²) in [5, 5.41) is 3.48. The maximum Gasteiger partial charge on any atom is -0.00258 e. The molecule has 0 aliphatic rings. The van der Waals surface area contributed by atoms with Gasteiger partial charge in [-0.1, -0.05) is 27.7 Å². The molecule has 0 saturated heterocycles. The number of unbranched alkanes of at least 4 members (excludes halogenated alkanes) is 1. The molecule has 0 unspecified atom stereocenters. The van der Waals surface area contributed by atoms with Gasteiger partial charge in [0.1, 0.15) is 0 Å². The van der Waals surface area contributed by atoms with Crippen molar-refractivity contribution in [1.82, 2.24) is 5.32 Å². The summed E-state index contributed by atoms with van der Waals surface area (Å²) in [4.78, 5) is 0. The Morgan fingerprint density at radius 2 is 1.67 bits per heavy atom. The highest BCUT2D eigenvalue weighted by molar-refractivity contribution is 7.99. The number of hydrogen-bond donors (Lipinski definition) is 1. The van der Waals surface area contributed by atoms with Crippen LogP contribution in [-0.2, 0) is 0 Å². The van der Waals surface area contributed by atoms with Crippen LogP contribution in [0.5, 0.6) is 0 Å². The first-order valence-corrected chi connectivity index (χ1v) is 7.57. The first-order chi connectivity index (χ1) is 7.13. The predicted molar refractivity (Wildman–Crippen MR) is 73.7 cm³/mol. The molecule has 15 heavy (non-hydrogen) atoms. The van der Waals surface area contributed by atoms with E-state index < -0.39 is 0 Å². The first kappa shape index (κ1) is 15.3. The Morgan fingerprint density at radius 3 is 2.27 bits per heavy atom. The monoisotopic (exact) mass is 231 g/mol. The van der Waals surface area contributed by atoms with Gasteiger partial charge in [-0.15, -0.1) is 0 Å². The normalized spacial score (nSPS) is 11.6. The van der Waals surface area contributed by atoms with Crippen molar-refractivity contribution >= 4 is 11.8 Å². The summed E-state index contributed by atoms with van der Waals surface area (Å²) in [7, 11) is 0. The third-order valence-electron chi connectivity index (χ3n) is 2.28. The molecular weight excluding hydrogens is 202 g/mol. The highest BCUT2D eigenvalue weighted by Gasteiger charge is 1.95. The molecule has 0 rings (SSSR count). The molecule has 92 valence electrons. The van der Waals surface area contributed by atoms with E-state index in [1.807, 2.05) is 0 Å². The molecule has 0 amide bonds. The number of hydrogen-bond acceptors (Lipinski definition) is 2. The molecule has 1 N–H and O–H groups in total. The second kappa shape index (κ2) is 10.8. The van der Waals surface area contributed by atoms with Gasteiger partial charge in [-0.05, 0) is 55.7 Å². The fraction of sp³-hybridized carbons (Fsp3) is 1.00. The van der Waals surface area contributed by atoms with Crippen molar-refractivity contribution in [1.29, 1.82) is 0 Å². The number of nitrogens with one attached hydrogen (secondary N) is 1. The Balaban J connectivity index is 2.93. The van der Waals surface area contributed by atoms with Gasteiger partial charge in [0.2, 0.25) is 0 Å². The van der Waals surface area contributed by atoms with E-state index >= 15 is 0 Å². The zero-order valence-electron chi connectivity index (χ0n) is 11.0. The number of rotatable bonds is 10. The summed E-state index contributed by atoms with van der Waals surface area (Å²) in [6, 6.07) is 0. The van der Waals surface area contributed by atoms with Gasteiger partial charge in [0.25, 0.3) is 0 Å². The van der Waals surface area contributed by atoms with Crippen molar-refractivity contribution in [2.45, 2.75) is 47.0 Å². The SMILES string of the molecule is CC(C)CCSCCCCNCC(C)C. The van der Waals surface area contributed by atoms with Crippen LogP contribution < -0.4 is 5.32 Å². The fourth-order valence-electron chi connectivity index (χ4n) is 1.27. The van der Waals surface area contributed by atoms with Crippen molar-refractivity contribution in [3.63, 3.8) is 0 Å². The first-order valence-electron chi connectivity index (χ1n) is 6.41. The Morgan fingerprint density at radius 1 is 0.933 bits per heavy atom. The smallest absolute Gasteiger partial charge is 0.00258 e. The quantitative estimate of drug-likeness (QED) is 0.574. The van der Waals surface area contributed by atoms with Crippen molar-refractivity contribution in [3.8, 4) is 0 Å². The predicted octanol–water partition coefficient (Wildman–Crippen LogP) is 3.79. The fourth-order valence-corrected chi connectivity index (χ4v) is 2.52. The van der Waals surface area contributed by atoms with E-state index in [9.17, 15) is 0 Å². The van der Waals surface area contributed by atoms with Crippen LogP contribution in [0.25, 0.3) is 0 Å². The minimum Gasteiger partial charge on any atom is -0.316 e. The van der Waals surface area contributed by atoms with Gasteiger partial charge in [0.15, 0.2) is 0 Å². The summed E-state index contributed by atoms with van der Waals surface area (Å²) in [6.07, 6.45) is 4.07. The van der Waals surface area contributed by atoms with Gasteiger partial charge in [-0.2, -0.15) is 11.8 Å². The largest absolute Gasteiger partial charge is 0.316 e. The van der Waals surface area contributed by atoms with Crippen LogP contribution in [0.15, 0.2) is 0 Å². The minimum atomic E-state index is 0.783. The van der Waals surface area contributed by atoms with Gasteiger partial charge in [-0.3, -0.25) is 0 Å². The van der Waals surface area contributed by atoms with E-state index in [4.69, 9.17) is 0 Å². The summed E-state index contributed by atoms with van der Waals surface area (Å²) in [5.41, 5.74) is 0. The zero-order valence-corrected chi connectivity index (χ0v) is 11.8. The maximum atomic E-state index is 3.48. The van der Waals surface area contributed by atoms with Crippen molar-refractivity contribution in [2.75, 3.05) is 24.6 Å². The molecule has 0 heterocycles. The van der Waals surface area contributed by atoms with Crippen LogP contribution >= 0.6 is 11.8 Å². The highest BCUT2D eigenvalue weighted by atomic mass is 32.2. The lowest BCUT2D eigenvalue weighted by molar-refractivity contribution is 0.541. The van der Waals surface area contributed by atoms with E-state index in [0.717, 1.165) is 11.8 Å². The molecule has 0 fully saturated rings. The van der Waals surface area contributed by atoms with Crippen LogP contribution in [0.3, 0.4) is 0 Å². The van der Waals surface area contributed by atoms with E-state index in [-0.39, 0.29) is 0 Å². The average Bonchev–Trinajstić information content (AvgIpc) is 2.14. The van der Waals surface area contributed by atoms with Crippen molar-refractivity contribution < 1.29 is 0 Å². The lowest BCUT2D eigenvalue weighted by atomic mass is 10.2. The molecule has 0 spiro atoms. The molecule has 0 bridgehead atoms. The molecule has 2 heteroatoms. The van der Waals surface area contributed by atoms with Crippen LogP contribution in [0.1, 0.15) is 47.0 Å². The average molecular weight is 231 g/mol. The summed E-state index contributed by atoms with van der Waals surface area (Å²) < 4.78 is 0. The van der Waals surface area contributed by atoms with Crippen LogP contribution in [0, 0.1) is 11.8 Å². The Hall–Kier alpha value is 0.310. The minimum absolute atomic E-state index is 0.783. The third kappa shape index (κ3) is 14.3. The summed E-state index contributed by atoms with van der Waals surface area (Å²) in [5.74, 6) is 4.34. The molecule has 0 aliphatic carbocycles. The molecule has 0 atom stereocenters. The van der Waals surface area contributed by atoms with E-state index in [2.05, 4.69) is 44.8 Å². The summed E-state index contributed by atoms with van der Waals surface area (Å²) >= 11 is 2.12. The van der Waals surface area contributed by atoms with Crippen molar-refractivity contribution in [3.05, 3.63) is 0 Å². The maximum absolute atomic E-state index is 3.48. The van der Waals surface area contributed by atoms with E-state index in [1.54, 1.807) is 0 Å². The molecule has 0 saturated carbocycles. The van der Waals surface area contributed by atoms with E-state index in [0.29, 0.717) is 0 Å². The standard InChI is InChI=1S/C13H29NS/c1-12(2)7-10-15-9-6-5-8-14-11-13(3)4/h12-14H,5-11H2,1-4H3. The Kier molecular flexibility index (Phi) is 11.0. The second-order valence-electron chi connectivity index (χ2n) is 5.10. The van der Waals surface area contributed by atoms with Gasteiger partial charge in [0.05, 0.1) is 0 Å².